The van der Waals surface area contributed by atoms with Crippen LogP contribution in [0.4, 0.5) is 40.8 Å². The molecule has 1 aromatic heterocycles. The first kappa shape index (κ1) is 26.0. The Morgan fingerprint density at radius 1 is 0.892 bits per heavy atom. The van der Waals surface area contributed by atoms with Crippen LogP contribution in [0.3, 0.4) is 0 Å². The highest BCUT2D eigenvalue weighted by molar-refractivity contribution is 6.03. The Kier molecular flexibility index (Phi) is 6.21. The van der Waals surface area contributed by atoms with Crippen LogP contribution in [0.1, 0.15) is 40.0 Å². The van der Waals surface area contributed by atoms with E-state index < -0.39 is 63.7 Å². The molecule has 0 saturated heterocycles. The third-order valence-electron chi connectivity index (χ3n) is 5.92. The van der Waals surface area contributed by atoms with E-state index in [1.165, 1.54) is 0 Å². The van der Waals surface area contributed by atoms with Crippen LogP contribution in [0.25, 0.3) is 11.1 Å². The van der Waals surface area contributed by atoms with Crippen LogP contribution in [0.15, 0.2) is 48.7 Å². The van der Waals surface area contributed by atoms with Crippen molar-refractivity contribution in [1.82, 2.24) is 4.98 Å². The van der Waals surface area contributed by atoms with Gasteiger partial charge in [0.05, 0.1) is 16.5 Å². The monoisotopic (exact) mass is 530 g/mol. The second kappa shape index (κ2) is 8.82. The van der Waals surface area contributed by atoms with Crippen molar-refractivity contribution in [3.63, 3.8) is 0 Å². The van der Waals surface area contributed by atoms with E-state index in [1.54, 1.807) is 0 Å². The first-order chi connectivity index (χ1) is 17.1. The van der Waals surface area contributed by atoms with Gasteiger partial charge in [0.1, 0.15) is 17.3 Å². The fraction of sp³-hybridized carbons (Fsp3) is 0.208. The highest BCUT2D eigenvalue weighted by atomic mass is 19.4. The van der Waals surface area contributed by atoms with Gasteiger partial charge in [0.25, 0.3) is 0 Å². The molecule has 1 aliphatic rings. The Morgan fingerprint density at radius 2 is 1.57 bits per heavy atom. The van der Waals surface area contributed by atoms with E-state index in [4.69, 9.17) is 0 Å². The molecule has 1 amide bonds. The van der Waals surface area contributed by atoms with Crippen molar-refractivity contribution < 1.29 is 49.8 Å². The second-order valence-electron chi connectivity index (χ2n) is 8.34. The van der Waals surface area contributed by atoms with Crippen LogP contribution in [0.5, 0.6) is 0 Å². The van der Waals surface area contributed by atoms with Crippen LogP contribution >= 0.6 is 0 Å². The summed E-state index contributed by atoms with van der Waals surface area (Å²) in [6.45, 7) is 0. The molecule has 0 bridgehead atoms. The number of carboxylic acids is 1. The van der Waals surface area contributed by atoms with Crippen LogP contribution in [-0.4, -0.2) is 22.0 Å². The molecule has 2 N–H and O–H groups in total. The summed E-state index contributed by atoms with van der Waals surface area (Å²) in [5.74, 6) is -5.03. The number of halogens is 8. The molecule has 37 heavy (non-hydrogen) atoms. The van der Waals surface area contributed by atoms with E-state index in [1.807, 2.05) is 0 Å². The number of benzene rings is 2. The average molecular weight is 530 g/mol. The summed E-state index contributed by atoms with van der Waals surface area (Å²) < 4.78 is 106. The maximum Gasteiger partial charge on any atom is 0.433 e. The average Bonchev–Trinajstić information content (AvgIpc) is 3.59. The Hall–Kier alpha value is -4.03. The third kappa shape index (κ3) is 4.98. The highest BCUT2D eigenvalue weighted by Crippen LogP contribution is 2.50. The molecule has 1 saturated carbocycles. The van der Waals surface area contributed by atoms with E-state index in [9.17, 15) is 49.8 Å². The number of rotatable bonds is 5. The minimum atomic E-state index is -4.80. The van der Waals surface area contributed by atoms with Gasteiger partial charge in [-0.05, 0) is 43.2 Å². The van der Waals surface area contributed by atoms with Crippen LogP contribution in [-0.2, 0) is 22.6 Å². The molecule has 2 aromatic carbocycles. The molecule has 13 heteroatoms. The highest BCUT2D eigenvalue weighted by Gasteiger charge is 2.53. The van der Waals surface area contributed by atoms with Crippen molar-refractivity contribution in [3.05, 3.63) is 82.7 Å². The van der Waals surface area contributed by atoms with Crippen LogP contribution in [0.2, 0.25) is 0 Å². The van der Waals surface area contributed by atoms with Crippen molar-refractivity contribution in [3.8, 4) is 11.1 Å². The van der Waals surface area contributed by atoms with E-state index in [2.05, 4.69) is 10.3 Å². The van der Waals surface area contributed by atoms with E-state index >= 15 is 0 Å². The Morgan fingerprint density at radius 3 is 2.05 bits per heavy atom. The molecular weight excluding hydrogens is 516 g/mol. The summed E-state index contributed by atoms with van der Waals surface area (Å²) in [6, 6.07) is 4.69. The zero-order valence-corrected chi connectivity index (χ0v) is 18.3. The lowest BCUT2D eigenvalue weighted by atomic mass is 9.92. The van der Waals surface area contributed by atoms with Gasteiger partial charge < -0.3 is 10.4 Å². The van der Waals surface area contributed by atoms with Gasteiger partial charge in [-0.25, -0.2) is 13.6 Å². The molecule has 4 rings (SSSR count). The summed E-state index contributed by atoms with van der Waals surface area (Å²) in [5, 5.41) is 11.8. The fourth-order valence-corrected chi connectivity index (χ4v) is 3.92. The van der Waals surface area contributed by atoms with Crippen molar-refractivity contribution in [2.75, 3.05) is 5.32 Å². The van der Waals surface area contributed by atoms with Gasteiger partial charge >= 0.3 is 18.3 Å². The van der Waals surface area contributed by atoms with Crippen molar-refractivity contribution in [2.45, 2.75) is 30.6 Å². The zero-order chi connectivity index (χ0) is 27.3. The number of aromatic carboxylic acids is 1. The molecule has 0 atom stereocenters. The molecule has 194 valence electrons. The molecule has 0 unspecified atom stereocenters. The van der Waals surface area contributed by atoms with Gasteiger partial charge in [-0.3, -0.25) is 9.78 Å². The predicted octanol–water partition coefficient (Wildman–Crippen LogP) is 6.43. The number of carbonyl (C=O) groups excluding carboxylic acids is 1. The summed E-state index contributed by atoms with van der Waals surface area (Å²) in [6.07, 6.45) is -8.77. The number of pyridine rings is 1. The second-order valence-corrected chi connectivity index (χ2v) is 8.34. The number of carbonyl (C=O) groups is 2. The number of hydrogen-bond donors (Lipinski definition) is 2. The van der Waals surface area contributed by atoms with Crippen molar-refractivity contribution in [1.29, 1.82) is 0 Å². The molecule has 0 aliphatic heterocycles. The lowest BCUT2D eigenvalue weighted by Crippen LogP contribution is -2.29. The fourth-order valence-electron chi connectivity index (χ4n) is 3.92. The number of anilines is 1. The topological polar surface area (TPSA) is 79.3 Å². The molecule has 0 spiro atoms. The van der Waals surface area contributed by atoms with Gasteiger partial charge in [-0.1, -0.05) is 12.1 Å². The van der Waals surface area contributed by atoms with Crippen LogP contribution < -0.4 is 5.32 Å². The first-order valence-corrected chi connectivity index (χ1v) is 10.4. The minimum Gasteiger partial charge on any atom is -0.478 e. The third-order valence-corrected chi connectivity index (χ3v) is 5.92. The van der Waals surface area contributed by atoms with Crippen molar-refractivity contribution in [2.24, 2.45) is 0 Å². The molecule has 1 fully saturated rings. The van der Waals surface area contributed by atoms with E-state index in [-0.39, 0.29) is 35.7 Å². The number of amides is 1. The Bertz CT molecular complexity index is 1390. The van der Waals surface area contributed by atoms with Gasteiger partial charge in [-0.15, -0.1) is 0 Å². The van der Waals surface area contributed by atoms with Crippen LogP contribution in [0, 0.1) is 11.6 Å². The van der Waals surface area contributed by atoms with E-state index in [0.29, 0.717) is 18.3 Å². The predicted molar refractivity (Wildman–Crippen MR) is 113 cm³/mol. The Labute approximate surface area is 202 Å². The zero-order valence-electron chi connectivity index (χ0n) is 18.3. The SMILES string of the molecule is O=C(O)c1cc(NC(=O)C2(c3ccc(C(F)(F)F)cc3F)CC2)cc(F)c1-c1ccc(C(F)(F)F)nc1. The standard InChI is InChI=1S/C24H14F8N2O3/c25-16-7-12(23(27,28)29)2-3-15(16)22(5-6-22)21(37)34-13-8-14(20(35)36)19(17(26)9-13)11-1-4-18(33-10-11)24(30,31)32/h1-4,7-10H,5-6H2,(H,34,37)(H,35,36). The number of carboxylic acid groups (broad SMARTS) is 1. The van der Waals surface area contributed by atoms with E-state index in [0.717, 1.165) is 24.3 Å². The lowest BCUT2D eigenvalue weighted by Gasteiger charge is -2.19. The number of nitrogens with zero attached hydrogens (tertiary/aromatic N) is 1. The first-order valence-electron chi connectivity index (χ1n) is 10.4. The van der Waals surface area contributed by atoms with Crippen molar-refractivity contribution >= 4 is 17.6 Å². The number of hydrogen-bond acceptors (Lipinski definition) is 3. The maximum absolute atomic E-state index is 15.0. The normalized spacial score (nSPS) is 14.8. The largest absolute Gasteiger partial charge is 0.478 e. The summed E-state index contributed by atoms with van der Waals surface area (Å²) in [4.78, 5) is 27.9. The quantitative estimate of drug-likeness (QED) is 0.373. The molecule has 0 radical (unpaired) electrons. The summed E-state index contributed by atoms with van der Waals surface area (Å²) >= 11 is 0. The number of aromatic nitrogens is 1. The molecular formula is C24H14F8N2O3. The molecule has 5 nitrogen and oxygen atoms in total. The Balaban J connectivity index is 1.65. The lowest BCUT2D eigenvalue weighted by molar-refractivity contribution is -0.141. The van der Waals surface area contributed by atoms with Gasteiger partial charge in [0.15, 0.2) is 0 Å². The van der Waals surface area contributed by atoms with Gasteiger partial charge in [-0.2, -0.15) is 26.3 Å². The van der Waals surface area contributed by atoms with Gasteiger partial charge in [0.2, 0.25) is 5.91 Å². The maximum atomic E-state index is 15.0. The molecule has 3 aromatic rings. The summed E-state index contributed by atoms with van der Waals surface area (Å²) in [5.41, 5.74) is -6.28. The number of nitrogens with one attached hydrogen (secondary N) is 1. The minimum absolute atomic E-state index is 0.0741. The number of alkyl halides is 6. The smallest absolute Gasteiger partial charge is 0.433 e. The van der Waals surface area contributed by atoms with Gasteiger partial charge in [0, 0.05) is 28.6 Å². The molecule has 1 aliphatic carbocycles. The summed E-state index contributed by atoms with van der Waals surface area (Å²) in [7, 11) is 0. The molecule has 1 heterocycles.